The van der Waals surface area contributed by atoms with E-state index >= 15 is 0 Å². The zero-order valence-corrected chi connectivity index (χ0v) is 15.3. The van der Waals surface area contributed by atoms with Crippen LogP contribution in [0.1, 0.15) is 51.5 Å². The van der Waals surface area contributed by atoms with Crippen molar-refractivity contribution in [1.29, 1.82) is 0 Å². The van der Waals surface area contributed by atoms with Gasteiger partial charge in [0.15, 0.2) is 0 Å². The maximum atomic E-state index is 13.1. The van der Waals surface area contributed by atoms with Crippen LogP contribution in [0.5, 0.6) is 0 Å². The van der Waals surface area contributed by atoms with Crippen molar-refractivity contribution in [2.24, 2.45) is 5.92 Å². The van der Waals surface area contributed by atoms with E-state index in [9.17, 15) is 9.18 Å². The third-order valence-corrected chi connectivity index (χ3v) is 5.51. The lowest BCUT2D eigenvalue weighted by Gasteiger charge is -2.26. The van der Waals surface area contributed by atoms with Crippen LogP contribution in [-0.4, -0.2) is 24.5 Å². The molecule has 1 heterocycles. The standard InChI is InChI=1S/C19H27FN2O.ClH/c1-19(2,14-7-9-15(20)10-8-14)12-21-18(23)17-11-13-5-3-4-6-16(13)22-17;/h7-10,13,16-17,22H,3-6,11-12H2,1-2H3,(H,21,23);1H. The summed E-state index contributed by atoms with van der Waals surface area (Å²) < 4.78 is 13.1. The number of hydrogen-bond acceptors (Lipinski definition) is 2. The third kappa shape index (κ3) is 4.28. The highest BCUT2D eigenvalue weighted by atomic mass is 35.5. The number of carbonyl (C=O) groups excluding carboxylic acids is 1. The van der Waals surface area contributed by atoms with Crippen LogP contribution < -0.4 is 10.6 Å². The molecule has 3 unspecified atom stereocenters. The topological polar surface area (TPSA) is 41.1 Å². The summed E-state index contributed by atoms with van der Waals surface area (Å²) in [5.41, 5.74) is 0.821. The first-order chi connectivity index (χ1) is 11.0. The van der Waals surface area contributed by atoms with Crippen molar-refractivity contribution in [3.63, 3.8) is 0 Å². The second-order valence-electron chi connectivity index (χ2n) is 7.71. The van der Waals surface area contributed by atoms with E-state index in [0.29, 0.717) is 18.5 Å². The predicted molar refractivity (Wildman–Crippen MR) is 97.0 cm³/mol. The van der Waals surface area contributed by atoms with Crippen molar-refractivity contribution in [1.82, 2.24) is 10.6 Å². The van der Waals surface area contributed by atoms with Gasteiger partial charge >= 0.3 is 0 Å². The van der Waals surface area contributed by atoms with Crippen molar-refractivity contribution in [2.45, 2.75) is 63.5 Å². The molecule has 1 aromatic rings. The normalized spacial score (nSPS) is 26.4. The van der Waals surface area contributed by atoms with Crippen LogP contribution >= 0.6 is 12.4 Å². The summed E-state index contributed by atoms with van der Waals surface area (Å²) >= 11 is 0. The molecular weight excluding hydrogens is 327 g/mol. The molecule has 3 rings (SSSR count). The Morgan fingerprint density at radius 2 is 1.92 bits per heavy atom. The fraction of sp³-hybridized carbons (Fsp3) is 0.632. The average molecular weight is 355 g/mol. The summed E-state index contributed by atoms with van der Waals surface area (Å²) in [6.07, 6.45) is 6.00. The summed E-state index contributed by atoms with van der Waals surface area (Å²) in [6.45, 7) is 4.70. The zero-order chi connectivity index (χ0) is 16.4. The van der Waals surface area contributed by atoms with Crippen LogP contribution in [0.2, 0.25) is 0 Å². The number of fused-ring (bicyclic) bond motifs is 1. The number of rotatable bonds is 4. The molecule has 5 heteroatoms. The highest BCUT2D eigenvalue weighted by molar-refractivity contribution is 5.85. The maximum Gasteiger partial charge on any atom is 0.237 e. The lowest BCUT2D eigenvalue weighted by Crippen LogP contribution is -2.46. The molecule has 2 fully saturated rings. The SMILES string of the molecule is CC(C)(CNC(=O)C1CC2CCCCC2N1)c1ccc(F)cc1.Cl. The van der Waals surface area contributed by atoms with Crippen LogP contribution in [0.15, 0.2) is 24.3 Å². The van der Waals surface area contributed by atoms with E-state index < -0.39 is 0 Å². The Kier molecular flexibility index (Phi) is 6.27. The smallest absolute Gasteiger partial charge is 0.237 e. The Morgan fingerprint density at radius 3 is 2.58 bits per heavy atom. The molecule has 2 N–H and O–H groups in total. The molecule has 0 spiro atoms. The Hall–Kier alpha value is -1.13. The molecule has 1 aliphatic carbocycles. The van der Waals surface area contributed by atoms with Crippen molar-refractivity contribution in [3.8, 4) is 0 Å². The molecule has 3 nitrogen and oxygen atoms in total. The molecule has 3 atom stereocenters. The third-order valence-electron chi connectivity index (χ3n) is 5.51. The van der Waals surface area contributed by atoms with Crippen LogP contribution in [0.25, 0.3) is 0 Å². The maximum absolute atomic E-state index is 13.1. The zero-order valence-electron chi connectivity index (χ0n) is 14.5. The van der Waals surface area contributed by atoms with Gasteiger partial charge < -0.3 is 10.6 Å². The van der Waals surface area contributed by atoms with Crippen molar-refractivity contribution >= 4 is 18.3 Å². The molecule has 1 saturated carbocycles. The second-order valence-corrected chi connectivity index (χ2v) is 7.71. The minimum atomic E-state index is -0.230. The second kappa shape index (κ2) is 7.83. The Morgan fingerprint density at radius 1 is 1.25 bits per heavy atom. The van der Waals surface area contributed by atoms with E-state index in [1.807, 2.05) is 0 Å². The van der Waals surface area contributed by atoms with Gasteiger partial charge in [-0.3, -0.25) is 4.79 Å². The van der Waals surface area contributed by atoms with E-state index in [2.05, 4.69) is 24.5 Å². The number of amides is 1. The Labute approximate surface area is 150 Å². The molecule has 1 saturated heterocycles. The van der Waals surface area contributed by atoms with Crippen molar-refractivity contribution in [3.05, 3.63) is 35.6 Å². The number of benzene rings is 1. The van der Waals surface area contributed by atoms with E-state index in [-0.39, 0.29) is 35.6 Å². The highest BCUT2D eigenvalue weighted by Gasteiger charge is 2.38. The van der Waals surface area contributed by atoms with Gasteiger partial charge in [0.25, 0.3) is 0 Å². The molecule has 1 aliphatic heterocycles. The van der Waals surface area contributed by atoms with Crippen LogP contribution in [0.3, 0.4) is 0 Å². The van der Waals surface area contributed by atoms with Gasteiger partial charge in [0.05, 0.1) is 6.04 Å². The van der Waals surface area contributed by atoms with Gasteiger partial charge in [0, 0.05) is 18.0 Å². The quantitative estimate of drug-likeness (QED) is 0.868. The van der Waals surface area contributed by atoms with Gasteiger partial charge in [-0.2, -0.15) is 0 Å². The molecule has 134 valence electrons. The van der Waals surface area contributed by atoms with Crippen molar-refractivity contribution < 1.29 is 9.18 Å². The number of hydrogen-bond donors (Lipinski definition) is 2. The van der Waals surface area contributed by atoms with E-state index in [1.54, 1.807) is 12.1 Å². The van der Waals surface area contributed by atoms with Crippen LogP contribution in [-0.2, 0) is 10.2 Å². The van der Waals surface area contributed by atoms with Gasteiger partial charge in [0.1, 0.15) is 5.82 Å². The monoisotopic (exact) mass is 354 g/mol. The van der Waals surface area contributed by atoms with Crippen LogP contribution in [0, 0.1) is 11.7 Å². The van der Waals surface area contributed by atoms with Crippen LogP contribution in [0.4, 0.5) is 4.39 Å². The van der Waals surface area contributed by atoms with Crippen molar-refractivity contribution in [2.75, 3.05) is 6.54 Å². The number of nitrogens with one attached hydrogen (secondary N) is 2. The van der Waals surface area contributed by atoms with E-state index in [4.69, 9.17) is 0 Å². The lowest BCUT2D eigenvalue weighted by atomic mass is 9.84. The van der Waals surface area contributed by atoms with E-state index in [0.717, 1.165) is 12.0 Å². The largest absolute Gasteiger partial charge is 0.354 e. The van der Waals surface area contributed by atoms with Gasteiger partial charge in [-0.1, -0.05) is 38.8 Å². The summed E-state index contributed by atoms with van der Waals surface area (Å²) in [5.74, 6) is 0.547. The van der Waals surface area contributed by atoms with E-state index in [1.165, 1.54) is 37.8 Å². The van der Waals surface area contributed by atoms with Gasteiger partial charge in [-0.25, -0.2) is 4.39 Å². The number of halogens is 2. The molecule has 0 bridgehead atoms. The predicted octanol–water partition coefficient (Wildman–Crippen LogP) is 3.56. The fourth-order valence-corrected chi connectivity index (χ4v) is 3.96. The minimum Gasteiger partial charge on any atom is -0.354 e. The molecule has 1 amide bonds. The van der Waals surface area contributed by atoms with Gasteiger partial charge in [0.2, 0.25) is 5.91 Å². The molecular formula is C19H28ClFN2O. The summed E-state index contributed by atoms with van der Waals surface area (Å²) in [5, 5.41) is 6.61. The first kappa shape index (κ1) is 19.2. The Bertz CT molecular complexity index is 547. The van der Waals surface area contributed by atoms with Gasteiger partial charge in [-0.05, 0) is 42.9 Å². The minimum absolute atomic E-state index is 0. The highest BCUT2D eigenvalue weighted by Crippen LogP contribution is 2.33. The fourth-order valence-electron chi connectivity index (χ4n) is 3.96. The lowest BCUT2D eigenvalue weighted by molar-refractivity contribution is -0.123. The average Bonchev–Trinajstić information content (AvgIpc) is 2.97. The first-order valence-electron chi connectivity index (χ1n) is 8.75. The number of carbonyl (C=O) groups is 1. The first-order valence-corrected chi connectivity index (χ1v) is 8.75. The molecule has 0 radical (unpaired) electrons. The van der Waals surface area contributed by atoms with Gasteiger partial charge in [-0.15, -0.1) is 12.4 Å². The molecule has 24 heavy (non-hydrogen) atoms. The summed E-state index contributed by atoms with van der Waals surface area (Å²) in [4.78, 5) is 12.5. The molecule has 1 aromatic carbocycles. The molecule has 2 aliphatic rings. The Balaban J connectivity index is 0.00000208. The molecule has 0 aromatic heterocycles. The summed E-state index contributed by atoms with van der Waals surface area (Å²) in [7, 11) is 0. The summed E-state index contributed by atoms with van der Waals surface area (Å²) in [6, 6.07) is 7.02.